The van der Waals surface area contributed by atoms with Crippen LogP contribution in [0.15, 0.2) is 0 Å². The van der Waals surface area contributed by atoms with E-state index in [-0.39, 0.29) is 0 Å². The van der Waals surface area contributed by atoms with Gasteiger partial charge < -0.3 is 25.2 Å². The highest BCUT2D eigenvalue weighted by Crippen LogP contribution is 2.31. The number of ether oxygens (including phenoxy) is 1. The summed E-state index contributed by atoms with van der Waals surface area (Å²) in [6.45, 7) is -1.31. The predicted octanol–water partition coefficient (Wildman–Crippen LogP) is -1.95. The molecule has 1 aliphatic rings. The van der Waals surface area contributed by atoms with Crippen LogP contribution >= 0.6 is 0 Å². The molecule has 1 aliphatic heterocycles. The number of rotatable bonds is 1. The molecule has 0 radical (unpaired) electrons. The van der Waals surface area contributed by atoms with Gasteiger partial charge in [-0.15, -0.1) is 0 Å². The summed E-state index contributed by atoms with van der Waals surface area (Å²) >= 11 is 0. The molecule has 0 aromatic heterocycles. The summed E-state index contributed by atoms with van der Waals surface area (Å²) in [5.74, 6) is -3.07. The minimum absolute atomic E-state index is 1.31. The Bertz CT molecular complexity index is 192. The lowest BCUT2D eigenvalue weighted by molar-refractivity contribution is -0.349. The van der Waals surface area contributed by atoms with Crippen LogP contribution in [0.3, 0.4) is 0 Å². The van der Waals surface area contributed by atoms with Crippen molar-refractivity contribution in [3.63, 3.8) is 0 Å². The molecule has 0 aromatic carbocycles. The van der Waals surface area contributed by atoms with Gasteiger partial charge in [-0.05, 0) is 0 Å². The van der Waals surface area contributed by atoms with Gasteiger partial charge in [0.1, 0.15) is 24.9 Å². The monoisotopic (exact) mass is 200 g/mol. The van der Waals surface area contributed by atoms with E-state index in [1.165, 1.54) is 0 Å². The van der Waals surface area contributed by atoms with E-state index in [1.807, 2.05) is 0 Å². The minimum atomic E-state index is -3.07. The minimum Gasteiger partial charge on any atom is -0.390 e. The van der Waals surface area contributed by atoms with Gasteiger partial charge in [-0.25, -0.2) is 8.78 Å². The van der Waals surface area contributed by atoms with Crippen molar-refractivity contribution >= 4 is 0 Å². The largest absolute Gasteiger partial charge is 0.390 e. The first kappa shape index (κ1) is 10.7. The van der Waals surface area contributed by atoms with E-state index in [9.17, 15) is 8.78 Å². The van der Waals surface area contributed by atoms with Crippen molar-refractivity contribution in [2.45, 2.75) is 30.5 Å². The van der Waals surface area contributed by atoms with E-state index in [0.717, 1.165) is 0 Å². The first-order chi connectivity index (χ1) is 5.92. The third-order valence-electron chi connectivity index (χ3n) is 1.91. The van der Waals surface area contributed by atoms with Crippen LogP contribution in [0.2, 0.25) is 0 Å². The molecule has 7 heteroatoms. The summed E-state index contributed by atoms with van der Waals surface area (Å²) in [5.41, 5.74) is 0. The number of hydrogen-bond acceptors (Lipinski definition) is 5. The molecule has 5 atom stereocenters. The third-order valence-corrected chi connectivity index (χ3v) is 1.91. The quantitative estimate of drug-likeness (QED) is 0.395. The zero-order valence-electron chi connectivity index (χ0n) is 6.47. The Morgan fingerprint density at radius 2 is 1.77 bits per heavy atom. The maximum absolute atomic E-state index is 13.1. The van der Waals surface area contributed by atoms with Gasteiger partial charge in [0.25, 0.3) is 5.85 Å². The average Bonchev–Trinajstić information content (AvgIpc) is 2.12. The summed E-state index contributed by atoms with van der Waals surface area (Å²) < 4.78 is 29.6. The van der Waals surface area contributed by atoms with Crippen LogP contribution in [-0.2, 0) is 4.74 Å². The lowest BCUT2D eigenvalue weighted by atomic mass is 9.98. The molecule has 1 rings (SSSR count). The van der Waals surface area contributed by atoms with Gasteiger partial charge in [-0.2, -0.15) is 0 Å². The summed E-state index contributed by atoms with van der Waals surface area (Å²) in [5, 5.41) is 35.1. The molecule has 1 saturated heterocycles. The Kier molecular flexibility index (Phi) is 2.83. The van der Waals surface area contributed by atoms with Crippen molar-refractivity contribution in [2.24, 2.45) is 0 Å². The van der Waals surface area contributed by atoms with Crippen LogP contribution in [0.4, 0.5) is 8.78 Å². The molecule has 5 unspecified atom stereocenters. The van der Waals surface area contributed by atoms with E-state index in [0.29, 0.717) is 0 Å². The SMILES string of the molecule is OCC1(F)OC(F)C(O)C(O)C1O. The summed E-state index contributed by atoms with van der Waals surface area (Å²) in [6, 6.07) is 0. The van der Waals surface area contributed by atoms with Crippen LogP contribution in [0.25, 0.3) is 0 Å². The van der Waals surface area contributed by atoms with E-state index in [4.69, 9.17) is 20.4 Å². The Balaban J connectivity index is 2.82. The lowest BCUT2D eigenvalue weighted by Crippen LogP contribution is -2.62. The van der Waals surface area contributed by atoms with Gasteiger partial charge >= 0.3 is 0 Å². The number of aliphatic hydroxyl groups is 4. The molecule has 0 saturated carbocycles. The molecule has 13 heavy (non-hydrogen) atoms. The van der Waals surface area contributed by atoms with Crippen molar-refractivity contribution in [3.05, 3.63) is 0 Å². The van der Waals surface area contributed by atoms with Crippen molar-refractivity contribution in [1.82, 2.24) is 0 Å². The number of hydrogen-bond donors (Lipinski definition) is 4. The molecule has 0 aliphatic carbocycles. The highest BCUT2D eigenvalue weighted by atomic mass is 19.2. The van der Waals surface area contributed by atoms with Gasteiger partial charge in [0.15, 0.2) is 0 Å². The fourth-order valence-electron chi connectivity index (χ4n) is 1.05. The summed E-state index contributed by atoms with van der Waals surface area (Å²) in [6.07, 6.45) is -8.71. The maximum Gasteiger partial charge on any atom is 0.263 e. The lowest BCUT2D eigenvalue weighted by Gasteiger charge is -2.40. The topological polar surface area (TPSA) is 90.2 Å². The first-order valence-electron chi connectivity index (χ1n) is 3.58. The normalized spacial score (nSPS) is 52.2. The molecule has 1 fully saturated rings. The fraction of sp³-hybridized carbons (Fsp3) is 1.00. The molecule has 0 aromatic rings. The Hall–Kier alpha value is -0.340. The molecule has 0 bridgehead atoms. The van der Waals surface area contributed by atoms with Crippen LogP contribution in [0, 0.1) is 0 Å². The Morgan fingerprint density at radius 3 is 2.23 bits per heavy atom. The van der Waals surface area contributed by atoms with Gasteiger partial charge in [-0.1, -0.05) is 0 Å². The predicted molar refractivity (Wildman–Crippen MR) is 34.9 cm³/mol. The number of halogens is 2. The number of alkyl halides is 2. The van der Waals surface area contributed by atoms with Gasteiger partial charge in [0.2, 0.25) is 6.36 Å². The van der Waals surface area contributed by atoms with E-state index in [2.05, 4.69) is 4.74 Å². The van der Waals surface area contributed by atoms with E-state index < -0.39 is 37.1 Å². The molecule has 5 nitrogen and oxygen atoms in total. The Labute approximate surface area is 72.2 Å². The standard InChI is InChI=1S/C6H10F2O5/c7-5-3(11)2(10)4(12)6(8,1-9)13-5/h2-5,9-12H,1H2. The van der Waals surface area contributed by atoms with Gasteiger partial charge in [0, 0.05) is 0 Å². The van der Waals surface area contributed by atoms with Crippen LogP contribution in [0.5, 0.6) is 0 Å². The van der Waals surface area contributed by atoms with Crippen molar-refractivity contribution in [1.29, 1.82) is 0 Å². The molecular weight excluding hydrogens is 190 g/mol. The molecule has 4 N–H and O–H groups in total. The number of aliphatic hydroxyl groups excluding tert-OH is 4. The molecule has 0 amide bonds. The summed E-state index contributed by atoms with van der Waals surface area (Å²) in [4.78, 5) is 0. The zero-order chi connectivity index (χ0) is 10.2. The average molecular weight is 200 g/mol. The third kappa shape index (κ3) is 1.65. The van der Waals surface area contributed by atoms with Crippen LogP contribution < -0.4 is 0 Å². The van der Waals surface area contributed by atoms with Gasteiger partial charge in [-0.3, -0.25) is 0 Å². The van der Waals surface area contributed by atoms with Crippen LogP contribution in [-0.4, -0.2) is 57.6 Å². The van der Waals surface area contributed by atoms with Crippen molar-refractivity contribution in [2.75, 3.05) is 6.61 Å². The van der Waals surface area contributed by atoms with Crippen molar-refractivity contribution < 1.29 is 33.9 Å². The highest BCUT2D eigenvalue weighted by Gasteiger charge is 2.54. The second kappa shape index (κ2) is 3.43. The molecule has 78 valence electrons. The van der Waals surface area contributed by atoms with Crippen LogP contribution in [0.1, 0.15) is 0 Å². The highest BCUT2D eigenvalue weighted by molar-refractivity contribution is 4.93. The molecular formula is C6H10F2O5. The smallest absolute Gasteiger partial charge is 0.263 e. The summed E-state index contributed by atoms with van der Waals surface area (Å²) in [7, 11) is 0. The maximum atomic E-state index is 13.1. The van der Waals surface area contributed by atoms with Crippen molar-refractivity contribution in [3.8, 4) is 0 Å². The van der Waals surface area contributed by atoms with E-state index in [1.54, 1.807) is 0 Å². The Morgan fingerprint density at radius 1 is 1.23 bits per heavy atom. The first-order valence-corrected chi connectivity index (χ1v) is 3.58. The fourth-order valence-corrected chi connectivity index (χ4v) is 1.05. The molecule has 0 spiro atoms. The van der Waals surface area contributed by atoms with Gasteiger partial charge in [0.05, 0.1) is 0 Å². The molecule has 1 heterocycles. The van der Waals surface area contributed by atoms with E-state index >= 15 is 0 Å². The second-order valence-electron chi connectivity index (χ2n) is 2.84. The second-order valence-corrected chi connectivity index (χ2v) is 2.84. The zero-order valence-corrected chi connectivity index (χ0v) is 6.47.